The Kier molecular flexibility index (Phi) is 7.20. The predicted molar refractivity (Wildman–Crippen MR) is 111 cm³/mol. The molecule has 9 nitrogen and oxygen atoms in total. The number of anilines is 1. The van der Waals surface area contributed by atoms with Gasteiger partial charge in [0.2, 0.25) is 5.88 Å². The number of rotatable bonds is 10. The van der Waals surface area contributed by atoms with Crippen LogP contribution in [0.5, 0.6) is 5.88 Å². The summed E-state index contributed by atoms with van der Waals surface area (Å²) in [5.74, 6) is 0.547. The normalized spacial score (nSPS) is 13.0. The number of nitrogens with one attached hydrogen (secondary N) is 3. The second-order valence-corrected chi connectivity index (χ2v) is 6.94. The van der Waals surface area contributed by atoms with Gasteiger partial charge < -0.3 is 15.0 Å². The summed E-state index contributed by atoms with van der Waals surface area (Å²) < 4.78 is 5.67. The third-order valence-corrected chi connectivity index (χ3v) is 4.36. The van der Waals surface area contributed by atoms with Crippen LogP contribution in [0.4, 0.5) is 5.82 Å². The maximum Gasteiger partial charge on any atom is 0.278 e. The molecule has 3 rings (SSSR count). The van der Waals surface area contributed by atoms with Gasteiger partial charge in [-0.3, -0.25) is 20.2 Å². The van der Waals surface area contributed by atoms with Crippen molar-refractivity contribution in [2.45, 2.75) is 26.2 Å². The fourth-order valence-corrected chi connectivity index (χ4v) is 3.02. The molecule has 29 heavy (non-hydrogen) atoms. The molecule has 0 unspecified atom stereocenters. The Morgan fingerprint density at radius 2 is 2.21 bits per heavy atom. The monoisotopic (exact) mass is 400 g/mol. The highest BCUT2D eigenvalue weighted by atomic mass is 16.6. The number of aromatic amines is 1. The number of hydrogen-bond acceptors (Lipinski definition) is 7. The predicted octanol–water partition coefficient (Wildman–Crippen LogP) is 2.22. The number of hydroxylamine groups is 1. The first-order valence-corrected chi connectivity index (χ1v) is 9.80. The molecule has 0 saturated heterocycles. The third-order valence-electron chi connectivity index (χ3n) is 4.36. The Morgan fingerprint density at radius 1 is 1.34 bits per heavy atom. The number of aryl methyl sites for hydroxylation is 1. The van der Waals surface area contributed by atoms with Gasteiger partial charge in [-0.25, -0.2) is 0 Å². The highest BCUT2D eigenvalue weighted by Crippen LogP contribution is 2.27. The number of carbonyl (C=O) groups excluding carboxylic acids is 1. The van der Waals surface area contributed by atoms with Crippen LogP contribution in [0.2, 0.25) is 0 Å². The molecule has 0 spiro atoms. The molecule has 156 valence electrons. The van der Waals surface area contributed by atoms with Crippen LogP contribution in [0.25, 0.3) is 5.70 Å². The maximum atomic E-state index is 12.8. The summed E-state index contributed by atoms with van der Waals surface area (Å²) in [6.07, 6.45) is 4.54. The van der Waals surface area contributed by atoms with Gasteiger partial charge >= 0.3 is 0 Å². The van der Waals surface area contributed by atoms with Gasteiger partial charge in [0.05, 0.1) is 24.5 Å². The number of hydrogen-bond donors (Lipinski definition) is 3. The molecule has 2 aromatic rings. The topological polar surface area (TPSA) is 104 Å². The van der Waals surface area contributed by atoms with Crippen LogP contribution in [0.3, 0.4) is 0 Å². The van der Waals surface area contributed by atoms with Gasteiger partial charge in [-0.1, -0.05) is 12.1 Å². The van der Waals surface area contributed by atoms with E-state index in [0.717, 1.165) is 42.8 Å². The van der Waals surface area contributed by atoms with Crippen molar-refractivity contribution < 1.29 is 14.4 Å². The molecule has 1 aliphatic rings. The minimum atomic E-state index is -0.342. The van der Waals surface area contributed by atoms with Crippen LogP contribution < -0.4 is 15.5 Å². The number of allylic oxidation sites excluding steroid dienone is 1. The fraction of sp³-hybridized carbons (Fsp3) is 0.450. The first-order chi connectivity index (χ1) is 14.1. The Labute approximate surface area is 170 Å². The summed E-state index contributed by atoms with van der Waals surface area (Å²) in [7, 11) is 4.04. The summed E-state index contributed by atoms with van der Waals surface area (Å²) in [6, 6.07) is 5.29. The highest BCUT2D eigenvalue weighted by molar-refractivity contribution is 6.05. The van der Waals surface area contributed by atoms with Crippen LogP contribution in [0, 0.1) is 0 Å². The molecular formula is C20H28N6O3. The number of nitrogens with zero attached hydrogens (tertiary/aromatic N) is 3. The van der Waals surface area contributed by atoms with Crippen LogP contribution in [-0.4, -0.2) is 59.8 Å². The lowest BCUT2D eigenvalue weighted by molar-refractivity contribution is 0.0894. The second kappa shape index (κ2) is 10.0. The summed E-state index contributed by atoms with van der Waals surface area (Å²) in [6.45, 7) is 3.90. The van der Waals surface area contributed by atoms with E-state index in [2.05, 4.69) is 30.9 Å². The van der Waals surface area contributed by atoms with E-state index >= 15 is 0 Å². The van der Waals surface area contributed by atoms with Gasteiger partial charge in [0.25, 0.3) is 5.91 Å². The second-order valence-electron chi connectivity index (χ2n) is 6.94. The Bertz CT molecular complexity index is 862. The zero-order chi connectivity index (χ0) is 20.6. The van der Waals surface area contributed by atoms with E-state index in [4.69, 9.17) is 9.57 Å². The Hall–Kier alpha value is -2.91. The van der Waals surface area contributed by atoms with Crippen molar-refractivity contribution >= 4 is 17.4 Å². The van der Waals surface area contributed by atoms with Gasteiger partial charge in [-0.2, -0.15) is 10.1 Å². The molecule has 0 saturated carbocycles. The number of ether oxygens (including phenoxy) is 1. The van der Waals surface area contributed by atoms with Crippen molar-refractivity contribution in [3.8, 4) is 5.88 Å². The lowest BCUT2D eigenvalue weighted by Crippen LogP contribution is -2.20. The number of amides is 1. The van der Waals surface area contributed by atoms with Crippen molar-refractivity contribution in [3.63, 3.8) is 0 Å². The van der Waals surface area contributed by atoms with Gasteiger partial charge in [0.1, 0.15) is 5.82 Å². The zero-order valence-corrected chi connectivity index (χ0v) is 17.1. The SMILES string of the molecule is CCONC1=CCCc2[nH]nc(C(=O)Nc3cccc(OCCCN(C)C)n3)c21. The number of H-pyrrole nitrogens is 1. The summed E-state index contributed by atoms with van der Waals surface area (Å²) in [5, 5.41) is 9.98. The van der Waals surface area contributed by atoms with E-state index in [-0.39, 0.29) is 5.91 Å². The molecule has 1 amide bonds. The molecule has 0 fully saturated rings. The Balaban J connectivity index is 1.66. The van der Waals surface area contributed by atoms with Crippen LogP contribution in [0.15, 0.2) is 24.3 Å². The smallest absolute Gasteiger partial charge is 0.278 e. The molecule has 0 aromatic carbocycles. The molecule has 0 radical (unpaired) electrons. The van der Waals surface area contributed by atoms with Crippen molar-refractivity contribution in [2.75, 3.05) is 39.2 Å². The van der Waals surface area contributed by atoms with Crippen molar-refractivity contribution in [2.24, 2.45) is 0 Å². The molecule has 0 aliphatic heterocycles. The minimum absolute atomic E-state index is 0.303. The van der Waals surface area contributed by atoms with Crippen molar-refractivity contribution in [3.05, 3.63) is 41.2 Å². The first kappa shape index (κ1) is 20.8. The zero-order valence-electron chi connectivity index (χ0n) is 17.1. The largest absolute Gasteiger partial charge is 0.478 e. The number of carbonyl (C=O) groups is 1. The summed E-state index contributed by atoms with van der Waals surface area (Å²) in [4.78, 5) is 24.6. The molecule has 3 N–H and O–H groups in total. The van der Waals surface area contributed by atoms with Gasteiger partial charge in [-0.15, -0.1) is 0 Å². The van der Waals surface area contributed by atoms with E-state index in [1.165, 1.54) is 0 Å². The van der Waals surface area contributed by atoms with Gasteiger partial charge in [-0.05, 0) is 46.3 Å². The Morgan fingerprint density at radius 3 is 3.00 bits per heavy atom. The molecule has 9 heteroatoms. The third kappa shape index (κ3) is 5.55. The number of pyridine rings is 1. The van der Waals surface area contributed by atoms with E-state index in [9.17, 15) is 4.79 Å². The van der Waals surface area contributed by atoms with E-state index in [1.54, 1.807) is 18.2 Å². The average molecular weight is 400 g/mol. The molecule has 1 aliphatic carbocycles. The van der Waals surface area contributed by atoms with E-state index < -0.39 is 0 Å². The average Bonchev–Trinajstić information content (AvgIpc) is 3.15. The fourth-order valence-electron chi connectivity index (χ4n) is 3.02. The van der Waals surface area contributed by atoms with E-state index in [0.29, 0.717) is 30.6 Å². The molecular weight excluding hydrogens is 372 g/mol. The van der Waals surface area contributed by atoms with Crippen LogP contribution in [-0.2, 0) is 11.3 Å². The molecule has 2 aromatic heterocycles. The van der Waals surface area contributed by atoms with Gasteiger partial charge in [0.15, 0.2) is 5.69 Å². The number of aromatic nitrogens is 3. The van der Waals surface area contributed by atoms with E-state index in [1.807, 2.05) is 27.1 Å². The standard InChI is InChI=1S/C20H28N6O3/c1-4-29-25-15-9-5-8-14-18(15)19(24-23-14)20(27)22-16-10-6-11-17(21-16)28-13-7-12-26(2)3/h6,9-11,25H,4-5,7-8,12-13H2,1-3H3,(H,23,24)(H,21,22,27). The molecule has 2 heterocycles. The molecule has 0 bridgehead atoms. The van der Waals surface area contributed by atoms with Crippen LogP contribution in [0.1, 0.15) is 41.5 Å². The van der Waals surface area contributed by atoms with Gasteiger partial charge in [0, 0.05) is 18.3 Å². The first-order valence-electron chi connectivity index (χ1n) is 9.80. The highest BCUT2D eigenvalue weighted by Gasteiger charge is 2.25. The summed E-state index contributed by atoms with van der Waals surface area (Å²) in [5.41, 5.74) is 5.59. The maximum absolute atomic E-state index is 12.8. The minimum Gasteiger partial charge on any atom is -0.478 e. The lowest BCUT2D eigenvalue weighted by atomic mass is 9.99. The van der Waals surface area contributed by atoms with Crippen molar-refractivity contribution in [1.29, 1.82) is 0 Å². The van der Waals surface area contributed by atoms with Crippen molar-refractivity contribution in [1.82, 2.24) is 25.6 Å². The van der Waals surface area contributed by atoms with Crippen LogP contribution >= 0.6 is 0 Å². The lowest BCUT2D eigenvalue weighted by Gasteiger charge is -2.16. The quantitative estimate of drug-likeness (QED) is 0.415. The summed E-state index contributed by atoms with van der Waals surface area (Å²) >= 11 is 0. The molecule has 0 atom stereocenters. The number of fused-ring (bicyclic) bond motifs is 1.